The van der Waals surface area contributed by atoms with Crippen molar-refractivity contribution in [3.05, 3.63) is 35.4 Å². The number of benzene rings is 1. The van der Waals surface area contributed by atoms with Crippen LogP contribution in [-0.4, -0.2) is 19.1 Å². The van der Waals surface area contributed by atoms with Gasteiger partial charge in [-0.25, -0.2) is 0 Å². The lowest BCUT2D eigenvalue weighted by atomic mass is 10.0. The van der Waals surface area contributed by atoms with Gasteiger partial charge in [-0.05, 0) is 44.0 Å². The maximum Gasteiger partial charge on any atom is 0.0210 e. The first-order valence-corrected chi connectivity index (χ1v) is 5.85. The van der Waals surface area contributed by atoms with Crippen LogP contribution < -0.4 is 10.6 Å². The number of rotatable bonds is 3. The Kier molecular flexibility index (Phi) is 3.75. The average Bonchev–Trinajstić information content (AvgIpc) is 2.29. The molecule has 15 heavy (non-hydrogen) atoms. The van der Waals surface area contributed by atoms with Gasteiger partial charge in [-0.1, -0.05) is 24.3 Å². The second-order valence-corrected chi connectivity index (χ2v) is 4.33. The van der Waals surface area contributed by atoms with Gasteiger partial charge < -0.3 is 10.6 Å². The predicted molar refractivity (Wildman–Crippen MR) is 63.9 cm³/mol. The lowest BCUT2D eigenvalue weighted by molar-refractivity contribution is 0.386. The molecule has 1 aliphatic rings. The van der Waals surface area contributed by atoms with Crippen LogP contribution in [0.2, 0.25) is 0 Å². The zero-order valence-electron chi connectivity index (χ0n) is 9.42. The Hall–Kier alpha value is -0.860. The molecule has 2 N–H and O–H groups in total. The molecule has 0 spiro atoms. The Morgan fingerprint density at radius 1 is 1.27 bits per heavy atom. The van der Waals surface area contributed by atoms with Crippen molar-refractivity contribution in [1.29, 1.82) is 0 Å². The van der Waals surface area contributed by atoms with Crippen molar-refractivity contribution in [1.82, 2.24) is 10.6 Å². The Morgan fingerprint density at radius 3 is 2.73 bits per heavy atom. The molecule has 2 nitrogen and oxygen atoms in total. The molecule has 0 radical (unpaired) electrons. The van der Waals surface area contributed by atoms with Crippen molar-refractivity contribution in [3.8, 4) is 0 Å². The molecular weight excluding hydrogens is 184 g/mol. The molecule has 0 aliphatic carbocycles. The van der Waals surface area contributed by atoms with Crippen molar-refractivity contribution >= 4 is 0 Å². The molecule has 0 atom stereocenters. The molecule has 2 heteroatoms. The van der Waals surface area contributed by atoms with E-state index in [0.29, 0.717) is 6.04 Å². The van der Waals surface area contributed by atoms with Crippen LogP contribution in [0.1, 0.15) is 24.0 Å². The Morgan fingerprint density at radius 2 is 2.00 bits per heavy atom. The maximum atomic E-state index is 3.64. The third-order valence-corrected chi connectivity index (χ3v) is 3.18. The smallest absolute Gasteiger partial charge is 0.0210 e. The highest BCUT2D eigenvalue weighted by molar-refractivity contribution is 5.25. The SMILES string of the molecule is Cc1ccccc1CNC1CCNCC1. The molecule has 1 heterocycles. The Labute approximate surface area is 92.1 Å². The first-order chi connectivity index (χ1) is 7.36. The summed E-state index contributed by atoms with van der Waals surface area (Å²) in [4.78, 5) is 0. The van der Waals surface area contributed by atoms with Gasteiger partial charge in [-0.3, -0.25) is 0 Å². The van der Waals surface area contributed by atoms with Gasteiger partial charge in [-0.2, -0.15) is 0 Å². The monoisotopic (exact) mass is 204 g/mol. The molecule has 0 amide bonds. The van der Waals surface area contributed by atoms with Crippen molar-refractivity contribution in [2.75, 3.05) is 13.1 Å². The van der Waals surface area contributed by atoms with Crippen LogP contribution in [0.15, 0.2) is 24.3 Å². The maximum absolute atomic E-state index is 3.64. The molecule has 1 aromatic carbocycles. The van der Waals surface area contributed by atoms with E-state index in [0.717, 1.165) is 19.6 Å². The van der Waals surface area contributed by atoms with Crippen molar-refractivity contribution < 1.29 is 0 Å². The van der Waals surface area contributed by atoms with Gasteiger partial charge in [-0.15, -0.1) is 0 Å². The normalized spacial score (nSPS) is 17.9. The minimum Gasteiger partial charge on any atom is -0.317 e. The summed E-state index contributed by atoms with van der Waals surface area (Å²) in [6, 6.07) is 9.31. The molecule has 2 rings (SSSR count). The summed E-state index contributed by atoms with van der Waals surface area (Å²) in [7, 11) is 0. The minimum absolute atomic E-state index is 0.700. The summed E-state index contributed by atoms with van der Waals surface area (Å²) >= 11 is 0. The molecule has 1 saturated heterocycles. The number of aryl methyl sites for hydroxylation is 1. The summed E-state index contributed by atoms with van der Waals surface area (Å²) in [6.07, 6.45) is 2.51. The molecule has 0 bridgehead atoms. The summed E-state index contributed by atoms with van der Waals surface area (Å²) in [5, 5.41) is 7.02. The third kappa shape index (κ3) is 3.05. The minimum atomic E-state index is 0.700. The topological polar surface area (TPSA) is 24.1 Å². The van der Waals surface area contributed by atoms with E-state index in [2.05, 4.69) is 41.8 Å². The molecule has 1 fully saturated rings. The quantitative estimate of drug-likeness (QED) is 0.785. The van der Waals surface area contributed by atoms with Gasteiger partial charge in [0.25, 0.3) is 0 Å². The van der Waals surface area contributed by atoms with Crippen molar-refractivity contribution in [2.24, 2.45) is 0 Å². The van der Waals surface area contributed by atoms with Gasteiger partial charge in [0.1, 0.15) is 0 Å². The van der Waals surface area contributed by atoms with Crippen molar-refractivity contribution in [2.45, 2.75) is 32.4 Å². The van der Waals surface area contributed by atoms with Gasteiger partial charge in [0.05, 0.1) is 0 Å². The summed E-state index contributed by atoms with van der Waals surface area (Å²) in [5.41, 5.74) is 2.81. The van der Waals surface area contributed by atoms with Crippen LogP contribution in [-0.2, 0) is 6.54 Å². The predicted octanol–water partition coefficient (Wildman–Crippen LogP) is 1.84. The van der Waals surface area contributed by atoms with E-state index in [1.54, 1.807) is 0 Å². The lowest BCUT2D eigenvalue weighted by Crippen LogP contribution is -2.39. The molecule has 1 aliphatic heterocycles. The average molecular weight is 204 g/mol. The van der Waals surface area contributed by atoms with E-state index >= 15 is 0 Å². The van der Waals surface area contributed by atoms with Crippen LogP contribution in [0.4, 0.5) is 0 Å². The summed E-state index contributed by atoms with van der Waals surface area (Å²) in [5.74, 6) is 0. The molecule has 0 aromatic heterocycles. The van der Waals surface area contributed by atoms with E-state index in [1.807, 2.05) is 0 Å². The fourth-order valence-electron chi connectivity index (χ4n) is 2.09. The number of hydrogen-bond acceptors (Lipinski definition) is 2. The highest BCUT2D eigenvalue weighted by atomic mass is 15.0. The second kappa shape index (κ2) is 5.29. The van der Waals surface area contributed by atoms with Gasteiger partial charge in [0.15, 0.2) is 0 Å². The van der Waals surface area contributed by atoms with Gasteiger partial charge in [0.2, 0.25) is 0 Å². The zero-order valence-corrected chi connectivity index (χ0v) is 9.42. The molecule has 0 unspecified atom stereocenters. The van der Waals surface area contributed by atoms with E-state index in [1.165, 1.54) is 24.0 Å². The van der Waals surface area contributed by atoms with Crippen LogP contribution in [0.3, 0.4) is 0 Å². The standard InChI is InChI=1S/C13H20N2/c1-11-4-2-3-5-12(11)10-15-13-6-8-14-9-7-13/h2-5,13-15H,6-10H2,1H3. The highest BCUT2D eigenvalue weighted by Gasteiger charge is 2.11. The first-order valence-electron chi connectivity index (χ1n) is 5.85. The summed E-state index contributed by atoms with van der Waals surface area (Å²) in [6.45, 7) is 5.51. The van der Waals surface area contributed by atoms with E-state index in [4.69, 9.17) is 0 Å². The van der Waals surface area contributed by atoms with E-state index in [9.17, 15) is 0 Å². The van der Waals surface area contributed by atoms with Gasteiger partial charge >= 0.3 is 0 Å². The Bertz CT molecular complexity index is 303. The zero-order chi connectivity index (χ0) is 10.5. The van der Waals surface area contributed by atoms with Gasteiger partial charge in [0, 0.05) is 12.6 Å². The highest BCUT2D eigenvalue weighted by Crippen LogP contribution is 2.08. The van der Waals surface area contributed by atoms with Crippen LogP contribution in [0.5, 0.6) is 0 Å². The molecule has 82 valence electrons. The molecular formula is C13H20N2. The van der Waals surface area contributed by atoms with Crippen LogP contribution in [0.25, 0.3) is 0 Å². The molecule has 1 aromatic rings. The van der Waals surface area contributed by atoms with E-state index < -0.39 is 0 Å². The Balaban J connectivity index is 1.84. The number of nitrogens with one attached hydrogen (secondary N) is 2. The lowest BCUT2D eigenvalue weighted by Gasteiger charge is -2.24. The molecule has 0 saturated carbocycles. The number of piperidine rings is 1. The van der Waals surface area contributed by atoms with E-state index in [-0.39, 0.29) is 0 Å². The van der Waals surface area contributed by atoms with Crippen LogP contribution >= 0.6 is 0 Å². The fourth-order valence-corrected chi connectivity index (χ4v) is 2.09. The first kappa shape index (κ1) is 10.7. The number of hydrogen-bond donors (Lipinski definition) is 2. The second-order valence-electron chi connectivity index (χ2n) is 4.33. The van der Waals surface area contributed by atoms with Crippen molar-refractivity contribution in [3.63, 3.8) is 0 Å². The largest absolute Gasteiger partial charge is 0.317 e. The fraction of sp³-hybridized carbons (Fsp3) is 0.538. The summed E-state index contributed by atoms with van der Waals surface area (Å²) < 4.78 is 0. The van der Waals surface area contributed by atoms with Crippen LogP contribution in [0, 0.1) is 6.92 Å². The third-order valence-electron chi connectivity index (χ3n) is 3.18.